The molecule has 0 radical (unpaired) electrons. The fourth-order valence-corrected chi connectivity index (χ4v) is 5.16. The number of aromatic nitrogens is 1. The van der Waals surface area contributed by atoms with Crippen molar-refractivity contribution in [1.29, 1.82) is 0 Å². The first-order chi connectivity index (χ1) is 11.7. The van der Waals surface area contributed by atoms with Gasteiger partial charge in [0.2, 0.25) is 5.91 Å². The van der Waals surface area contributed by atoms with Crippen molar-refractivity contribution in [2.45, 2.75) is 57.6 Å². The first kappa shape index (κ1) is 18.9. The normalized spacial score (nSPS) is 27.2. The maximum absolute atomic E-state index is 12.7. The van der Waals surface area contributed by atoms with Gasteiger partial charge in [0.1, 0.15) is 0 Å². The molecule has 140 valence electrons. The Balaban J connectivity index is 0.00000182. The number of amides is 1. The van der Waals surface area contributed by atoms with Crippen LogP contribution in [-0.4, -0.2) is 35.1 Å². The lowest BCUT2D eigenvalue weighted by Crippen LogP contribution is -2.44. The second kappa shape index (κ2) is 8.23. The van der Waals surface area contributed by atoms with Crippen LogP contribution in [-0.2, 0) is 11.4 Å². The first-order valence-corrected chi connectivity index (χ1v) is 10.2. The number of rotatable bonds is 5. The van der Waals surface area contributed by atoms with Crippen molar-refractivity contribution in [3.63, 3.8) is 0 Å². The molecule has 0 spiro atoms. The SMILES string of the molecule is Cl.O=C(N[C@H]1CN(c2nc(CO)cs2)C[C@@H]1C1CC1)C1CCCCC1. The van der Waals surface area contributed by atoms with Gasteiger partial charge in [-0.2, -0.15) is 0 Å². The minimum atomic E-state index is -0.00175. The van der Waals surface area contributed by atoms with Gasteiger partial charge in [0.05, 0.1) is 18.3 Å². The number of hydrogen-bond acceptors (Lipinski definition) is 5. The van der Waals surface area contributed by atoms with Crippen LogP contribution in [0.15, 0.2) is 5.38 Å². The molecule has 5 nitrogen and oxygen atoms in total. The lowest BCUT2D eigenvalue weighted by molar-refractivity contribution is -0.126. The van der Waals surface area contributed by atoms with Gasteiger partial charge in [-0.15, -0.1) is 23.7 Å². The Kier molecular flexibility index (Phi) is 6.23. The summed E-state index contributed by atoms with van der Waals surface area (Å²) >= 11 is 1.60. The number of halogens is 1. The van der Waals surface area contributed by atoms with E-state index in [-0.39, 0.29) is 36.9 Å². The van der Waals surface area contributed by atoms with Gasteiger partial charge in [0, 0.05) is 30.3 Å². The van der Waals surface area contributed by atoms with E-state index < -0.39 is 0 Å². The maximum atomic E-state index is 12.7. The van der Waals surface area contributed by atoms with E-state index in [1.807, 2.05) is 5.38 Å². The standard InChI is InChI=1S/C18H27N3O2S.ClH/c22-10-14-11-24-18(19-14)21-8-15(12-6-7-12)16(9-21)20-17(23)13-4-2-1-3-5-13;/h11-13,15-16,22H,1-10H2,(H,20,23);1H/t15-,16+;/m1./s1. The van der Waals surface area contributed by atoms with Crippen LogP contribution in [0, 0.1) is 17.8 Å². The largest absolute Gasteiger partial charge is 0.390 e. The van der Waals surface area contributed by atoms with Crippen LogP contribution in [0.3, 0.4) is 0 Å². The van der Waals surface area contributed by atoms with E-state index in [1.165, 1.54) is 32.1 Å². The third-order valence-electron chi connectivity index (χ3n) is 5.87. The highest BCUT2D eigenvalue weighted by Crippen LogP contribution is 2.43. The monoisotopic (exact) mass is 385 g/mol. The molecule has 0 unspecified atom stereocenters. The summed E-state index contributed by atoms with van der Waals surface area (Å²) in [6, 6.07) is 0.258. The van der Waals surface area contributed by atoms with Gasteiger partial charge in [-0.05, 0) is 31.6 Å². The molecular formula is C18H28ClN3O2S. The molecule has 2 aliphatic carbocycles. The zero-order valence-electron chi connectivity index (χ0n) is 14.5. The summed E-state index contributed by atoms with van der Waals surface area (Å²) < 4.78 is 0. The molecule has 0 bridgehead atoms. The summed E-state index contributed by atoms with van der Waals surface area (Å²) in [4.78, 5) is 19.5. The fourth-order valence-electron chi connectivity index (χ4n) is 4.32. The van der Waals surface area contributed by atoms with Gasteiger partial charge in [-0.1, -0.05) is 19.3 Å². The Morgan fingerprint density at radius 3 is 2.64 bits per heavy atom. The lowest BCUT2D eigenvalue weighted by atomic mass is 9.88. The van der Waals surface area contributed by atoms with Crippen LogP contribution in [0.1, 0.15) is 50.6 Å². The highest BCUT2D eigenvalue weighted by Gasteiger charge is 2.44. The lowest BCUT2D eigenvalue weighted by Gasteiger charge is -2.25. The third-order valence-corrected chi connectivity index (χ3v) is 6.82. The van der Waals surface area contributed by atoms with Gasteiger partial charge in [-0.3, -0.25) is 4.79 Å². The van der Waals surface area contributed by atoms with Crippen molar-refractivity contribution < 1.29 is 9.90 Å². The van der Waals surface area contributed by atoms with Crippen LogP contribution >= 0.6 is 23.7 Å². The molecule has 3 aliphatic rings. The molecule has 1 aliphatic heterocycles. The second-order valence-electron chi connectivity index (χ2n) is 7.64. The average molecular weight is 386 g/mol. The number of thiazole rings is 1. The smallest absolute Gasteiger partial charge is 0.223 e. The molecule has 2 heterocycles. The van der Waals surface area contributed by atoms with Crippen LogP contribution in [0.4, 0.5) is 5.13 Å². The molecule has 1 aromatic rings. The average Bonchev–Trinajstić information content (AvgIpc) is 3.19. The highest BCUT2D eigenvalue weighted by atomic mass is 35.5. The predicted octanol–water partition coefficient (Wildman–Crippen LogP) is 2.97. The van der Waals surface area contributed by atoms with Crippen molar-refractivity contribution in [2.75, 3.05) is 18.0 Å². The van der Waals surface area contributed by atoms with E-state index in [0.717, 1.165) is 42.7 Å². The highest BCUT2D eigenvalue weighted by molar-refractivity contribution is 7.13. The molecule has 2 N–H and O–H groups in total. The Bertz CT molecular complexity index is 587. The molecule has 3 fully saturated rings. The van der Waals surface area contributed by atoms with Crippen molar-refractivity contribution >= 4 is 34.8 Å². The number of nitrogens with zero attached hydrogens (tertiary/aromatic N) is 2. The zero-order valence-corrected chi connectivity index (χ0v) is 16.2. The van der Waals surface area contributed by atoms with Crippen molar-refractivity contribution in [1.82, 2.24) is 10.3 Å². The molecule has 1 aromatic heterocycles. The summed E-state index contributed by atoms with van der Waals surface area (Å²) in [6.45, 7) is 1.84. The fraction of sp³-hybridized carbons (Fsp3) is 0.778. The topological polar surface area (TPSA) is 65.5 Å². The summed E-state index contributed by atoms with van der Waals surface area (Å²) in [6.07, 6.45) is 8.39. The third kappa shape index (κ3) is 4.29. The summed E-state index contributed by atoms with van der Waals surface area (Å²) in [7, 11) is 0. The van der Waals surface area contributed by atoms with E-state index in [1.54, 1.807) is 11.3 Å². The van der Waals surface area contributed by atoms with Crippen LogP contribution in [0.25, 0.3) is 0 Å². The Hall–Kier alpha value is -0.850. The van der Waals surface area contributed by atoms with Gasteiger partial charge >= 0.3 is 0 Å². The molecular weight excluding hydrogens is 358 g/mol. The van der Waals surface area contributed by atoms with E-state index >= 15 is 0 Å². The first-order valence-electron chi connectivity index (χ1n) is 9.35. The summed E-state index contributed by atoms with van der Waals surface area (Å²) in [5, 5.41) is 15.5. The van der Waals surface area contributed by atoms with Crippen LogP contribution in [0.5, 0.6) is 0 Å². The molecule has 2 saturated carbocycles. The second-order valence-corrected chi connectivity index (χ2v) is 8.47. The summed E-state index contributed by atoms with van der Waals surface area (Å²) in [5.41, 5.74) is 0.743. The molecule has 25 heavy (non-hydrogen) atoms. The number of carbonyl (C=O) groups excluding carboxylic acids is 1. The molecule has 1 saturated heterocycles. The Labute approximate surface area is 159 Å². The van der Waals surface area contributed by atoms with Gasteiger partial charge < -0.3 is 15.3 Å². The van der Waals surface area contributed by atoms with Crippen LogP contribution < -0.4 is 10.2 Å². The van der Waals surface area contributed by atoms with E-state index in [9.17, 15) is 9.90 Å². The number of hydrogen-bond donors (Lipinski definition) is 2. The quantitative estimate of drug-likeness (QED) is 0.817. The Morgan fingerprint density at radius 2 is 2.00 bits per heavy atom. The number of aliphatic hydroxyl groups excluding tert-OH is 1. The minimum absolute atomic E-state index is 0. The molecule has 0 aromatic carbocycles. The number of nitrogens with one attached hydrogen (secondary N) is 1. The number of anilines is 1. The number of carbonyl (C=O) groups is 1. The molecule has 4 rings (SSSR count). The molecule has 1 amide bonds. The summed E-state index contributed by atoms with van der Waals surface area (Å²) in [5.74, 6) is 1.83. The van der Waals surface area contributed by atoms with E-state index in [0.29, 0.717) is 5.92 Å². The molecule has 2 atom stereocenters. The van der Waals surface area contributed by atoms with Gasteiger partial charge in [0.25, 0.3) is 0 Å². The van der Waals surface area contributed by atoms with Crippen molar-refractivity contribution in [2.24, 2.45) is 17.8 Å². The zero-order chi connectivity index (χ0) is 16.5. The van der Waals surface area contributed by atoms with Gasteiger partial charge in [-0.25, -0.2) is 4.98 Å². The van der Waals surface area contributed by atoms with Crippen LogP contribution in [0.2, 0.25) is 0 Å². The van der Waals surface area contributed by atoms with Gasteiger partial charge in [0.15, 0.2) is 5.13 Å². The predicted molar refractivity (Wildman–Crippen MR) is 102 cm³/mol. The molecule has 7 heteroatoms. The van der Waals surface area contributed by atoms with Crippen molar-refractivity contribution in [3.8, 4) is 0 Å². The maximum Gasteiger partial charge on any atom is 0.223 e. The van der Waals surface area contributed by atoms with E-state index in [4.69, 9.17) is 0 Å². The number of aliphatic hydroxyl groups is 1. The van der Waals surface area contributed by atoms with E-state index in [2.05, 4.69) is 15.2 Å². The Morgan fingerprint density at radius 1 is 1.24 bits per heavy atom. The van der Waals surface area contributed by atoms with Crippen molar-refractivity contribution in [3.05, 3.63) is 11.1 Å². The minimum Gasteiger partial charge on any atom is -0.390 e.